The number of hydrogen-bond donors (Lipinski definition) is 1. The minimum atomic E-state index is -0.744. The smallest absolute Gasteiger partial charge is 0.435 e. The molecular formula is C11H11N3O3S. The quantitative estimate of drug-likeness (QED) is 0.777. The Hall–Kier alpha value is -2.02. The lowest BCUT2D eigenvalue weighted by atomic mass is 10.2. The second-order valence-corrected chi connectivity index (χ2v) is 4.38. The number of anilines is 2. The summed E-state index contributed by atoms with van der Waals surface area (Å²) in [4.78, 5) is 28.0. The highest BCUT2D eigenvalue weighted by Crippen LogP contribution is 2.30. The first kappa shape index (κ1) is 12.4. The number of para-hydroxylation sites is 2. The molecule has 94 valence electrons. The lowest BCUT2D eigenvalue weighted by Crippen LogP contribution is -2.30. The van der Waals surface area contributed by atoms with E-state index in [-0.39, 0.29) is 16.8 Å². The van der Waals surface area contributed by atoms with Gasteiger partial charge in [-0.2, -0.15) is 4.99 Å². The summed E-state index contributed by atoms with van der Waals surface area (Å²) in [6, 6.07) is 6.91. The van der Waals surface area contributed by atoms with Gasteiger partial charge in [-0.1, -0.05) is 23.9 Å². The largest absolute Gasteiger partial charge is 0.451 e. The van der Waals surface area contributed by atoms with E-state index < -0.39 is 6.09 Å². The molecule has 2 amide bonds. The fraction of sp³-hybridized carbons (Fsp3) is 0.182. The Labute approximate surface area is 108 Å². The van der Waals surface area contributed by atoms with E-state index in [0.29, 0.717) is 11.4 Å². The molecule has 0 aliphatic carbocycles. The zero-order valence-electron chi connectivity index (χ0n) is 9.62. The maximum absolute atomic E-state index is 11.8. The van der Waals surface area contributed by atoms with Crippen molar-refractivity contribution in [2.24, 2.45) is 4.99 Å². The Morgan fingerprint density at radius 2 is 2.22 bits per heavy atom. The molecule has 0 atom stereocenters. The average molecular weight is 265 g/mol. The molecule has 0 bridgehead atoms. The van der Waals surface area contributed by atoms with Gasteiger partial charge >= 0.3 is 6.09 Å². The van der Waals surface area contributed by atoms with E-state index >= 15 is 0 Å². The van der Waals surface area contributed by atoms with Crippen LogP contribution in [0.3, 0.4) is 0 Å². The lowest BCUT2D eigenvalue weighted by Gasteiger charge is -2.17. The number of amidine groups is 1. The zero-order chi connectivity index (χ0) is 13.1. The van der Waals surface area contributed by atoms with Crippen LogP contribution in [0.1, 0.15) is 0 Å². The lowest BCUT2D eigenvalue weighted by molar-refractivity contribution is -0.115. The van der Waals surface area contributed by atoms with Crippen molar-refractivity contribution in [3.05, 3.63) is 24.3 Å². The SMILES string of the molecule is COC(=O)/N=C1/SCC(=O)N1c1ccccc1N. The minimum absolute atomic E-state index is 0.166. The summed E-state index contributed by atoms with van der Waals surface area (Å²) in [5, 5.41) is 0.282. The predicted molar refractivity (Wildman–Crippen MR) is 70.6 cm³/mol. The van der Waals surface area contributed by atoms with Crippen LogP contribution in [0, 0.1) is 0 Å². The van der Waals surface area contributed by atoms with Gasteiger partial charge in [0.1, 0.15) is 0 Å². The van der Waals surface area contributed by atoms with Gasteiger partial charge in [0.05, 0.1) is 24.2 Å². The van der Waals surface area contributed by atoms with Gasteiger partial charge in [-0.15, -0.1) is 0 Å². The van der Waals surface area contributed by atoms with Crippen LogP contribution in [0.2, 0.25) is 0 Å². The number of methoxy groups -OCH3 is 1. The third-order valence-corrected chi connectivity index (χ3v) is 3.23. The summed E-state index contributed by atoms with van der Waals surface area (Å²) in [6.45, 7) is 0. The molecule has 0 saturated carbocycles. The van der Waals surface area contributed by atoms with Crippen molar-refractivity contribution < 1.29 is 14.3 Å². The number of ether oxygens (including phenoxy) is 1. The summed E-state index contributed by atoms with van der Waals surface area (Å²) in [5.41, 5.74) is 6.79. The summed E-state index contributed by atoms with van der Waals surface area (Å²) in [6.07, 6.45) is -0.744. The van der Waals surface area contributed by atoms with Crippen molar-refractivity contribution >= 4 is 40.3 Å². The number of carbonyl (C=O) groups is 2. The highest BCUT2D eigenvalue weighted by Gasteiger charge is 2.31. The van der Waals surface area contributed by atoms with Crippen LogP contribution in [0.25, 0.3) is 0 Å². The molecule has 6 nitrogen and oxygen atoms in total. The van der Waals surface area contributed by atoms with E-state index in [1.807, 2.05) is 0 Å². The molecule has 2 rings (SSSR count). The van der Waals surface area contributed by atoms with E-state index in [2.05, 4.69) is 9.73 Å². The molecule has 1 heterocycles. The third-order valence-electron chi connectivity index (χ3n) is 2.30. The number of nitrogen functional groups attached to an aromatic ring is 1. The fourth-order valence-electron chi connectivity index (χ4n) is 1.50. The van der Waals surface area contributed by atoms with Crippen molar-refractivity contribution in [3.8, 4) is 0 Å². The number of rotatable bonds is 1. The number of benzene rings is 1. The first-order valence-corrected chi connectivity index (χ1v) is 6.09. The van der Waals surface area contributed by atoms with Gasteiger partial charge < -0.3 is 10.5 Å². The van der Waals surface area contributed by atoms with Crippen LogP contribution in [-0.2, 0) is 9.53 Å². The minimum Gasteiger partial charge on any atom is -0.451 e. The topological polar surface area (TPSA) is 85.0 Å². The molecule has 0 spiro atoms. The Bertz CT molecular complexity index is 530. The molecule has 0 aromatic heterocycles. The number of carbonyl (C=O) groups excluding carboxylic acids is 2. The number of hydrogen-bond acceptors (Lipinski definition) is 5. The summed E-state index contributed by atoms with van der Waals surface area (Å²) >= 11 is 1.18. The fourth-order valence-corrected chi connectivity index (χ4v) is 2.35. The van der Waals surface area contributed by atoms with Crippen molar-refractivity contribution in [2.75, 3.05) is 23.5 Å². The highest BCUT2D eigenvalue weighted by molar-refractivity contribution is 8.15. The van der Waals surface area contributed by atoms with Crippen LogP contribution in [0.4, 0.5) is 16.2 Å². The van der Waals surface area contributed by atoms with Gasteiger partial charge in [-0.3, -0.25) is 9.69 Å². The second-order valence-electron chi connectivity index (χ2n) is 3.44. The molecule has 1 aliphatic heterocycles. The van der Waals surface area contributed by atoms with E-state index in [1.54, 1.807) is 24.3 Å². The number of nitrogens with two attached hydrogens (primary N) is 1. The molecule has 0 unspecified atom stereocenters. The molecule has 1 aliphatic rings. The molecule has 1 fully saturated rings. The Morgan fingerprint density at radius 3 is 2.89 bits per heavy atom. The normalized spacial score (nSPS) is 17.3. The van der Waals surface area contributed by atoms with Crippen molar-refractivity contribution in [1.29, 1.82) is 0 Å². The maximum Gasteiger partial charge on any atom is 0.435 e. The first-order valence-electron chi connectivity index (χ1n) is 5.10. The molecular weight excluding hydrogens is 254 g/mol. The number of aliphatic imine (C=N–C) groups is 1. The van der Waals surface area contributed by atoms with Crippen molar-refractivity contribution in [3.63, 3.8) is 0 Å². The molecule has 7 heteroatoms. The number of thioether (sulfide) groups is 1. The molecule has 18 heavy (non-hydrogen) atoms. The van der Waals surface area contributed by atoms with E-state index in [1.165, 1.54) is 23.8 Å². The standard InChI is InChI=1S/C11H11N3O3S/c1-17-11(16)13-10-14(9(15)6-18-10)8-5-3-2-4-7(8)12/h2-5H,6,12H2,1H3/b13-10+. The molecule has 1 saturated heterocycles. The Morgan fingerprint density at radius 1 is 1.50 bits per heavy atom. The Balaban J connectivity index is 2.40. The maximum atomic E-state index is 11.8. The van der Waals surface area contributed by atoms with Gasteiger partial charge in [-0.25, -0.2) is 4.79 Å². The van der Waals surface area contributed by atoms with E-state index in [0.717, 1.165) is 0 Å². The number of amides is 2. The van der Waals surface area contributed by atoms with Crippen LogP contribution < -0.4 is 10.6 Å². The van der Waals surface area contributed by atoms with Gasteiger partial charge in [-0.05, 0) is 12.1 Å². The summed E-state index contributed by atoms with van der Waals surface area (Å²) < 4.78 is 4.45. The average Bonchev–Trinajstić information content (AvgIpc) is 2.71. The van der Waals surface area contributed by atoms with Crippen molar-refractivity contribution in [1.82, 2.24) is 0 Å². The Kier molecular flexibility index (Phi) is 3.52. The second kappa shape index (κ2) is 5.09. The van der Waals surface area contributed by atoms with Crippen LogP contribution in [0.5, 0.6) is 0 Å². The van der Waals surface area contributed by atoms with E-state index in [4.69, 9.17) is 5.73 Å². The van der Waals surface area contributed by atoms with Gasteiger partial charge in [0.25, 0.3) is 0 Å². The first-order chi connectivity index (χ1) is 8.63. The van der Waals surface area contributed by atoms with Gasteiger partial charge in [0, 0.05) is 0 Å². The summed E-state index contributed by atoms with van der Waals surface area (Å²) in [7, 11) is 1.23. The van der Waals surface area contributed by atoms with Crippen LogP contribution >= 0.6 is 11.8 Å². The molecule has 2 N–H and O–H groups in total. The molecule has 1 aromatic rings. The van der Waals surface area contributed by atoms with Crippen LogP contribution in [-0.4, -0.2) is 30.0 Å². The van der Waals surface area contributed by atoms with Crippen molar-refractivity contribution in [2.45, 2.75) is 0 Å². The zero-order valence-corrected chi connectivity index (χ0v) is 10.4. The van der Waals surface area contributed by atoms with Gasteiger partial charge in [0.15, 0.2) is 5.17 Å². The third kappa shape index (κ3) is 2.30. The predicted octanol–water partition coefficient (Wildman–Crippen LogP) is 1.47. The monoisotopic (exact) mass is 265 g/mol. The highest BCUT2D eigenvalue weighted by atomic mass is 32.2. The van der Waals surface area contributed by atoms with Crippen LogP contribution in [0.15, 0.2) is 29.3 Å². The summed E-state index contributed by atoms with van der Waals surface area (Å²) in [5.74, 6) is 0.0602. The number of nitrogens with zero attached hydrogens (tertiary/aromatic N) is 2. The van der Waals surface area contributed by atoms with E-state index in [9.17, 15) is 9.59 Å². The molecule has 1 aromatic carbocycles. The molecule has 0 radical (unpaired) electrons. The van der Waals surface area contributed by atoms with Gasteiger partial charge in [0.2, 0.25) is 5.91 Å².